The van der Waals surface area contributed by atoms with Gasteiger partial charge in [-0.15, -0.1) is 0 Å². The van der Waals surface area contributed by atoms with Crippen molar-refractivity contribution < 1.29 is 4.79 Å². The van der Waals surface area contributed by atoms with E-state index < -0.39 is 0 Å². The van der Waals surface area contributed by atoms with Crippen molar-refractivity contribution in [3.8, 4) is 0 Å². The molecule has 0 saturated heterocycles. The van der Waals surface area contributed by atoms with Gasteiger partial charge in [0.05, 0.1) is 6.54 Å². The summed E-state index contributed by atoms with van der Waals surface area (Å²) in [5.74, 6) is 0.530. The number of rotatable bonds is 6. The first-order valence-electron chi connectivity index (χ1n) is 7.00. The third-order valence-electron chi connectivity index (χ3n) is 3.40. The van der Waals surface area contributed by atoms with Crippen molar-refractivity contribution in [1.29, 1.82) is 0 Å². The SMILES string of the molecule is CN(C(N)=NCCC(=O)NCc1ccccc1)C1CC1. The normalized spacial score (nSPS) is 14.9. The van der Waals surface area contributed by atoms with Crippen molar-refractivity contribution in [3.05, 3.63) is 35.9 Å². The van der Waals surface area contributed by atoms with E-state index in [1.807, 2.05) is 42.3 Å². The Kier molecular flexibility index (Phi) is 4.98. The Hall–Kier alpha value is -2.04. The van der Waals surface area contributed by atoms with Crippen molar-refractivity contribution >= 4 is 11.9 Å². The zero-order chi connectivity index (χ0) is 14.4. The average molecular weight is 274 g/mol. The van der Waals surface area contributed by atoms with Crippen LogP contribution < -0.4 is 11.1 Å². The summed E-state index contributed by atoms with van der Waals surface area (Å²) in [5, 5.41) is 2.87. The predicted molar refractivity (Wildman–Crippen MR) is 80.2 cm³/mol. The van der Waals surface area contributed by atoms with Crippen LogP contribution in [0.5, 0.6) is 0 Å². The van der Waals surface area contributed by atoms with Gasteiger partial charge in [0.2, 0.25) is 5.91 Å². The summed E-state index contributed by atoms with van der Waals surface area (Å²) < 4.78 is 0. The largest absolute Gasteiger partial charge is 0.370 e. The van der Waals surface area contributed by atoms with Crippen LogP contribution in [0.4, 0.5) is 0 Å². The summed E-state index contributed by atoms with van der Waals surface area (Å²) in [6.45, 7) is 0.990. The van der Waals surface area contributed by atoms with Crippen molar-refractivity contribution in [2.75, 3.05) is 13.6 Å². The monoisotopic (exact) mass is 274 g/mol. The van der Waals surface area contributed by atoms with E-state index in [4.69, 9.17) is 5.73 Å². The van der Waals surface area contributed by atoms with Gasteiger partial charge in [-0.25, -0.2) is 0 Å². The van der Waals surface area contributed by atoms with Crippen LogP contribution in [0.3, 0.4) is 0 Å². The third kappa shape index (κ3) is 4.57. The Morgan fingerprint density at radius 3 is 2.75 bits per heavy atom. The number of carbonyl (C=O) groups excluding carboxylic acids is 1. The topological polar surface area (TPSA) is 70.7 Å². The van der Waals surface area contributed by atoms with Gasteiger partial charge in [0.15, 0.2) is 5.96 Å². The van der Waals surface area contributed by atoms with Gasteiger partial charge in [0, 0.05) is 26.1 Å². The minimum Gasteiger partial charge on any atom is -0.370 e. The zero-order valence-corrected chi connectivity index (χ0v) is 11.9. The van der Waals surface area contributed by atoms with Crippen molar-refractivity contribution in [3.63, 3.8) is 0 Å². The van der Waals surface area contributed by atoms with Gasteiger partial charge in [-0.2, -0.15) is 0 Å². The quantitative estimate of drug-likeness (QED) is 0.603. The van der Waals surface area contributed by atoms with E-state index in [0.717, 1.165) is 5.56 Å². The molecule has 0 heterocycles. The zero-order valence-electron chi connectivity index (χ0n) is 11.9. The van der Waals surface area contributed by atoms with E-state index in [2.05, 4.69) is 10.3 Å². The molecule has 0 bridgehead atoms. The van der Waals surface area contributed by atoms with Crippen molar-refractivity contribution in [2.24, 2.45) is 10.7 Å². The molecule has 5 heteroatoms. The molecule has 0 aliphatic heterocycles. The van der Waals surface area contributed by atoms with E-state index >= 15 is 0 Å². The number of guanidine groups is 1. The molecule has 1 fully saturated rings. The molecule has 0 spiro atoms. The number of nitrogens with two attached hydrogens (primary N) is 1. The lowest BCUT2D eigenvalue weighted by molar-refractivity contribution is -0.121. The maximum atomic E-state index is 11.7. The smallest absolute Gasteiger partial charge is 0.222 e. The van der Waals surface area contributed by atoms with Crippen molar-refractivity contribution in [2.45, 2.75) is 31.8 Å². The molecule has 1 aromatic rings. The van der Waals surface area contributed by atoms with Crippen LogP contribution in [0, 0.1) is 0 Å². The first-order valence-corrected chi connectivity index (χ1v) is 7.00. The van der Waals surface area contributed by atoms with E-state index in [0.29, 0.717) is 31.5 Å². The Morgan fingerprint density at radius 2 is 2.10 bits per heavy atom. The summed E-state index contributed by atoms with van der Waals surface area (Å²) in [7, 11) is 1.95. The predicted octanol–water partition coefficient (Wildman–Crippen LogP) is 1.10. The Bertz CT molecular complexity index is 468. The van der Waals surface area contributed by atoms with Gasteiger partial charge in [0.25, 0.3) is 0 Å². The van der Waals surface area contributed by atoms with Crippen LogP contribution >= 0.6 is 0 Å². The molecule has 1 aliphatic rings. The molecule has 108 valence electrons. The fourth-order valence-electron chi connectivity index (χ4n) is 1.92. The van der Waals surface area contributed by atoms with E-state index in [1.165, 1.54) is 12.8 Å². The van der Waals surface area contributed by atoms with Crippen LogP contribution in [-0.2, 0) is 11.3 Å². The van der Waals surface area contributed by atoms with E-state index in [1.54, 1.807) is 0 Å². The lowest BCUT2D eigenvalue weighted by atomic mass is 10.2. The number of hydrogen-bond acceptors (Lipinski definition) is 2. The van der Waals surface area contributed by atoms with Gasteiger partial charge in [0.1, 0.15) is 0 Å². The van der Waals surface area contributed by atoms with Gasteiger partial charge >= 0.3 is 0 Å². The lowest BCUT2D eigenvalue weighted by Crippen LogP contribution is -2.36. The van der Waals surface area contributed by atoms with E-state index in [9.17, 15) is 4.79 Å². The second kappa shape index (κ2) is 6.93. The third-order valence-corrected chi connectivity index (χ3v) is 3.40. The number of carbonyl (C=O) groups is 1. The molecule has 5 nitrogen and oxygen atoms in total. The summed E-state index contributed by atoms with van der Waals surface area (Å²) >= 11 is 0. The Morgan fingerprint density at radius 1 is 1.40 bits per heavy atom. The maximum Gasteiger partial charge on any atom is 0.222 e. The molecule has 1 amide bonds. The number of benzene rings is 1. The standard InChI is InChI=1S/C15H22N4O/c1-19(13-7-8-13)15(16)17-10-9-14(20)18-11-12-5-3-2-4-6-12/h2-6,13H,7-11H2,1H3,(H2,16,17)(H,18,20). The number of amides is 1. The maximum absolute atomic E-state index is 11.7. The fourth-order valence-corrected chi connectivity index (χ4v) is 1.92. The van der Waals surface area contributed by atoms with E-state index in [-0.39, 0.29) is 5.91 Å². The molecule has 0 atom stereocenters. The van der Waals surface area contributed by atoms with Crippen molar-refractivity contribution in [1.82, 2.24) is 10.2 Å². The number of nitrogens with zero attached hydrogens (tertiary/aromatic N) is 2. The molecular weight excluding hydrogens is 252 g/mol. The molecule has 0 radical (unpaired) electrons. The molecule has 20 heavy (non-hydrogen) atoms. The second-order valence-corrected chi connectivity index (χ2v) is 5.09. The van der Waals surface area contributed by atoms with Crippen LogP contribution in [0.2, 0.25) is 0 Å². The van der Waals surface area contributed by atoms with Gasteiger partial charge in [-0.3, -0.25) is 9.79 Å². The number of nitrogens with one attached hydrogen (secondary N) is 1. The first-order chi connectivity index (χ1) is 9.66. The minimum absolute atomic E-state index is 0.000483. The molecule has 1 saturated carbocycles. The van der Waals surface area contributed by atoms with Crippen LogP contribution in [0.1, 0.15) is 24.8 Å². The Balaban J connectivity index is 1.66. The van der Waals surface area contributed by atoms with Gasteiger partial charge < -0.3 is 16.0 Å². The highest BCUT2D eigenvalue weighted by atomic mass is 16.1. The molecule has 0 aromatic heterocycles. The molecular formula is C15H22N4O. The molecule has 0 unspecified atom stereocenters. The molecule has 1 aliphatic carbocycles. The lowest BCUT2D eigenvalue weighted by Gasteiger charge is -2.16. The highest BCUT2D eigenvalue weighted by Crippen LogP contribution is 2.24. The second-order valence-electron chi connectivity index (χ2n) is 5.09. The number of aliphatic imine (C=N–C) groups is 1. The highest BCUT2D eigenvalue weighted by molar-refractivity contribution is 5.79. The molecule has 1 aromatic carbocycles. The summed E-state index contributed by atoms with van der Waals surface area (Å²) in [6.07, 6.45) is 2.74. The fraction of sp³-hybridized carbons (Fsp3) is 0.467. The van der Waals surface area contributed by atoms with Crippen LogP contribution in [-0.4, -0.2) is 36.4 Å². The van der Waals surface area contributed by atoms with Gasteiger partial charge in [-0.1, -0.05) is 30.3 Å². The molecule has 3 N–H and O–H groups in total. The number of hydrogen-bond donors (Lipinski definition) is 2. The molecule has 2 rings (SSSR count). The van der Waals surface area contributed by atoms with Crippen LogP contribution in [0.25, 0.3) is 0 Å². The minimum atomic E-state index is -0.000483. The summed E-state index contributed by atoms with van der Waals surface area (Å²) in [4.78, 5) is 17.9. The first kappa shape index (κ1) is 14.4. The Labute approximate surface area is 119 Å². The van der Waals surface area contributed by atoms with Gasteiger partial charge in [-0.05, 0) is 18.4 Å². The average Bonchev–Trinajstić information content (AvgIpc) is 3.30. The van der Waals surface area contributed by atoms with Crippen LogP contribution in [0.15, 0.2) is 35.3 Å². The highest BCUT2D eigenvalue weighted by Gasteiger charge is 2.27. The summed E-state index contributed by atoms with van der Waals surface area (Å²) in [6, 6.07) is 10.4. The summed E-state index contributed by atoms with van der Waals surface area (Å²) in [5.41, 5.74) is 6.95.